The summed E-state index contributed by atoms with van der Waals surface area (Å²) in [5.41, 5.74) is 2.09. The molecule has 3 rings (SSSR count). The molecule has 2 atom stereocenters. The number of nitrogens with zero attached hydrogens (tertiary/aromatic N) is 2. The normalized spacial score (nSPS) is 25.8. The molecule has 0 aromatic heterocycles. The van der Waals surface area contributed by atoms with Gasteiger partial charge in [0.05, 0.1) is 15.9 Å². The maximum absolute atomic E-state index is 12.7. The number of Topliss-reactive ketones (excluding diaryl/α,β-unsaturated/α-hetero) is 1. The standard InChI is InChI=1S/C16H18N4O6/c1-15(2)9-5-6-16(8-9,13(15)21)14(22)18-17-11-4-3-10(19(23)24)7-12(11)20(25)26/h3-4,7,9,17H,5-6,8H2,1-2H3,(H,18,22). The number of nitrogens with one attached hydrogen (secondary N) is 2. The van der Waals surface area contributed by atoms with E-state index in [1.165, 1.54) is 0 Å². The van der Waals surface area contributed by atoms with Crippen LogP contribution in [0.2, 0.25) is 0 Å². The molecular formula is C16H18N4O6. The molecule has 0 heterocycles. The van der Waals surface area contributed by atoms with Gasteiger partial charge in [-0.1, -0.05) is 13.8 Å². The van der Waals surface area contributed by atoms with Crippen molar-refractivity contribution >= 4 is 28.8 Å². The quantitative estimate of drug-likeness (QED) is 0.464. The molecule has 2 aliphatic carbocycles. The van der Waals surface area contributed by atoms with Gasteiger partial charge in [-0.05, 0) is 31.2 Å². The van der Waals surface area contributed by atoms with Crippen molar-refractivity contribution in [1.29, 1.82) is 0 Å². The highest BCUT2D eigenvalue weighted by Crippen LogP contribution is 2.60. The van der Waals surface area contributed by atoms with Gasteiger partial charge in [-0.2, -0.15) is 0 Å². The van der Waals surface area contributed by atoms with Crippen molar-refractivity contribution in [1.82, 2.24) is 5.43 Å². The molecule has 0 saturated heterocycles. The Balaban J connectivity index is 1.80. The minimum absolute atomic E-state index is 0.0930. The van der Waals surface area contributed by atoms with Crippen LogP contribution in [0.25, 0.3) is 0 Å². The smallest absolute Gasteiger partial charge is 0.298 e. The van der Waals surface area contributed by atoms with Crippen LogP contribution >= 0.6 is 0 Å². The zero-order valence-corrected chi connectivity index (χ0v) is 14.3. The number of ketones is 1. The highest BCUT2D eigenvalue weighted by atomic mass is 16.6. The Morgan fingerprint density at radius 1 is 1.23 bits per heavy atom. The number of non-ortho nitro benzene ring substituents is 1. The average Bonchev–Trinajstić information content (AvgIpc) is 3.11. The van der Waals surface area contributed by atoms with Gasteiger partial charge in [0.25, 0.3) is 11.6 Å². The topological polar surface area (TPSA) is 144 Å². The third-order valence-electron chi connectivity index (χ3n) is 5.69. The van der Waals surface area contributed by atoms with E-state index in [-0.39, 0.29) is 17.4 Å². The molecule has 2 unspecified atom stereocenters. The van der Waals surface area contributed by atoms with E-state index in [1.807, 2.05) is 13.8 Å². The molecule has 1 aromatic carbocycles. The number of carbonyl (C=O) groups is 2. The second-order valence-electron chi connectivity index (χ2n) is 7.37. The molecule has 0 spiro atoms. The van der Waals surface area contributed by atoms with Crippen LogP contribution in [-0.2, 0) is 9.59 Å². The minimum atomic E-state index is -1.11. The molecule has 2 saturated carbocycles. The van der Waals surface area contributed by atoms with Gasteiger partial charge in [0.1, 0.15) is 11.1 Å². The Bertz CT molecular complexity index is 836. The molecule has 2 N–H and O–H groups in total. The van der Waals surface area contributed by atoms with Gasteiger partial charge in [-0.25, -0.2) is 0 Å². The second-order valence-corrected chi connectivity index (χ2v) is 7.37. The molecule has 10 heteroatoms. The lowest BCUT2D eigenvalue weighted by Gasteiger charge is -2.32. The predicted octanol–water partition coefficient (Wildman–Crippen LogP) is 2.34. The van der Waals surface area contributed by atoms with Gasteiger partial charge in [0.2, 0.25) is 0 Å². The Morgan fingerprint density at radius 2 is 1.92 bits per heavy atom. The van der Waals surface area contributed by atoms with Gasteiger partial charge in [-0.15, -0.1) is 0 Å². The number of anilines is 1. The first-order valence-corrected chi connectivity index (χ1v) is 8.14. The molecule has 1 amide bonds. The SMILES string of the molecule is CC1(C)C(=O)C2(C(=O)NNc3ccc([N+](=O)[O-])cc3[N+](=O)[O-])CCC1C2. The lowest BCUT2D eigenvalue weighted by molar-refractivity contribution is -0.393. The van der Waals surface area contributed by atoms with Gasteiger partial charge in [-0.3, -0.25) is 40.7 Å². The lowest BCUT2D eigenvalue weighted by Crippen LogP contribution is -2.48. The maximum Gasteiger partial charge on any atom is 0.300 e. The number of hydrogen-bond acceptors (Lipinski definition) is 7. The zero-order chi connectivity index (χ0) is 19.3. The first kappa shape index (κ1) is 17.8. The average molecular weight is 362 g/mol. The summed E-state index contributed by atoms with van der Waals surface area (Å²) in [4.78, 5) is 45.7. The number of nitro groups is 2. The minimum Gasteiger partial charge on any atom is -0.298 e. The molecule has 10 nitrogen and oxygen atoms in total. The first-order valence-electron chi connectivity index (χ1n) is 8.14. The Kier molecular flexibility index (Phi) is 3.93. The Hall–Kier alpha value is -3.04. The van der Waals surface area contributed by atoms with Crippen LogP contribution in [0.3, 0.4) is 0 Å². The van der Waals surface area contributed by atoms with Crippen molar-refractivity contribution < 1.29 is 19.4 Å². The first-order chi connectivity index (χ1) is 12.1. The van der Waals surface area contributed by atoms with Gasteiger partial charge in [0.15, 0.2) is 5.78 Å². The van der Waals surface area contributed by atoms with E-state index in [0.29, 0.717) is 12.8 Å². The Morgan fingerprint density at radius 3 is 2.46 bits per heavy atom. The number of carbonyl (C=O) groups excluding carboxylic acids is 2. The van der Waals surface area contributed by atoms with Crippen LogP contribution in [0, 0.1) is 37.0 Å². The van der Waals surface area contributed by atoms with Crippen LogP contribution in [0.4, 0.5) is 17.1 Å². The maximum atomic E-state index is 12.7. The summed E-state index contributed by atoms with van der Waals surface area (Å²) in [5.74, 6) is -0.489. The monoisotopic (exact) mass is 362 g/mol. The highest BCUT2D eigenvalue weighted by molar-refractivity contribution is 6.11. The fraction of sp³-hybridized carbons (Fsp3) is 0.500. The van der Waals surface area contributed by atoms with Crippen LogP contribution < -0.4 is 10.9 Å². The van der Waals surface area contributed by atoms with Crippen LogP contribution in [0.1, 0.15) is 33.1 Å². The van der Waals surface area contributed by atoms with E-state index in [0.717, 1.165) is 24.6 Å². The van der Waals surface area contributed by atoms with Crippen LogP contribution in [-0.4, -0.2) is 21.5 Å². The molecule has 0 radical (unpaired) electrons. The molecule has 2 bridgehead atoms. The summed E-state index contributed by atoms with van der Waals surface area (Å²) in [6.07, 6.45) is 1.70. The molecule has 26 heavy (non-hydrogen) atoms. The number of benzene rings is 1. The molecule has 0 aliphatic heterocycles. The van der Waals surface area contributed by atoms with Gasteiger partial charge < -0.3 is 0 Å². The summed E-state index contributed by atoms with van der Waals surface area (Å²) < 4.78 is 0. The molecule has 2 fully saturated rings. The number of amides is 1. The van der Waals surface area contributed by atoms with Crippen molar-refractivity contribution in [2.45, 2.75) is 33.1 Å². The molecule has 1 aromatic rings. The molecule has 138 valence electrons. The van der Waals surface area contributed by atoms with Crippen LogP contribution in [0.5, 0.6) is 0 Å². The third-order valence-corrected chi connectivity index (χ3v) is 5.69. The summed E-state index contributed by atoms with van der Waals surface area (Å²) in [5, 5.41) is 21.9. The summed E-state index contributed by atoms with van der Waals surface area (Å²) in [7, 11) is 0. The zero-order valence-electron chi connectivity index (χ0n) is 14.3. The van der Waals surface area contributed by atoms with E-state index in [4.69, 9.17) is 0 Å². The molecular weight excluding hydrogens is 344 g/mol. The molecule has 2 aliphatic rings. The van der Waals surface area contributed by atoms with Gasteiger partial charge >= 0.3 is 5.69 Å². The Labute approximate surface area is 148 Å². The predicted molar refractivity (Wildman–Crippen MR) is 90.1 cm³/mol. The summed E-state index contributed by atoms with van der Waals surface area (Å²) >= 11 is 0. The number of rotatable bonds is 5. The highest BCUT2D eigenvalue weighted by Gasteiger charge is 2.65. The number of hydrogen-bond donors (Lipinski definition) is 2. The number of hydrazine groups is 1. The van der Waals surface area contributed by atoms with E-state index >= 15 is 0 Å². The number of fused-ring (bicyclic) bond motifs is 2. The largest absolute Gasteiger partial charge is 0.300 e. The fourth-order valence-corrected chi connectivity index (χ4v) is 4.11. The van der Waals surface area contributed by atoms with E-state index < -0.39 is 38.0 Å². The summed E-state index contributed by atoms with van der Waals surface area (Å²) in [6.45, 7) is 3.67. The van der Waals surface area contributed by atoms with E-state index in [9.17, 15) is 29.8 Å². The van der Waals surface area contributed by atoms with E-state index in [1.54, 1.807) is 0 Å². The lowest BCUT2D eigenvalue weighted by atomic mass is 9.70. The van der Waals surface area contributed by atoms with Crippen molar-refractivity contribution in [2.24, 2.45) is 16.7 Å². The van der Waals surface area contributed by atoms with Crippen molar-refractivity contribution in [3.63, 3.8) is 0 Å². The van der Waals surface area contributed by atoms with Crippen LogP contribution in [0.15, 0.2) is 18.2 Å². The van der Waals surface area contributed by atoms with Crippen molar-refractivity contribution in [3.8, 4) is 0 Å². The third kappa shape index (κ3) is 2.49. The fourth-order valence-electron chi connectivity index (χ4n) is 4.11. The number of nitro benzene ring substituents is 2. The van der Waals surface area contributed by atoms with Gasteiger partial charge in [0, 0.05) is 11.5 Å². The van der Waals surface area contributed by atoms with Crippen molar-refractivity contribution in [3.05, 3.63) is 38.4 Å². The van der Waals surface area contributed by atoms with Crippen molar-refractivity contribution in [2.75, 3.05) is 5.43 Å². The summed E-state index contributed by atoms with van der Waals surface area (Å²) in [6, 6.07) is 3.05. The van der Waals surface area contributed by atoms with E-state index in [2.05, 4.69) is 10.9 Å². The second kappa shape index (κ2) is 5.75.